The van der Waals surface area contributed by atoms with E-state index in [0.29, 0.717) is 28.5 Å². The molecule has 33 heavy (non-hydrogen) atoms. The normalized spacial score (nSPS) is 12.6. The number of anilines is 1. The number of hydrogen-bond acceptors (Lipinski definition) is 6. The number of rotatable bonds is 6. The summed E-state index contributed by atoms with van der Waals surface area (Å²) in [4.78, 5) is 25.7. The van der Waals surface area contributed by atoms with Crippen molar-refractivity contribution in [3.63, 3.8) is 0 Å². The standard InChI is InChI=1S/C25H22N4O3S/c26-14-20-19-11-5-7-13-22(19)33-25(20)28-23(30)24(31)29-27-15-18-10-4-6-12-21(18)32-16-17-8-2-1-3-9-17/h1-4,6,8-10,12,15H,5,7,11,13,16H2,(H,28,30)(H,29,31)/b27-15+. The Bertz CT molecular complexity index is 1230. The summed E-state index contributed by atoms with van der Waals surface area (Å²) < 4.78 is 5.86. The monoisotopic (exact) mass is 458 g/mol. The highest BCUT2D eigenvalue weighted by atomic mass is 32.1. The molecule has 1 aliphatic rings. The maximum atomic E-state index is 12.3. The van der Waals surface area contributed by atoms with Crippen LogP contribution in [-0.2, 0) is 29.0 Å². The molecule has 2 N–H and O–H groups in total. The second-order valence-electron chi connectivity index (χ2n) is 7.49. The number of amides is 2. The van der Waals surface area contributed by atoms with E-state index in [-0.39, 0.29) is 0 Å². The minimum atomic E-state index is -0.913. The van der Waals surface area contributed by atoms with Gasteiger partial charge in [-0.1, -0.05) is 42.5 Å². The molecule has 0 fully saturated rings. The lowest BCUT2D eigenvalue weighted by atomic mass is 9.96. The molecule has 0 spiro atoms. The minimum Gasteiger partial charge on any atom is -0.488 e. The molecule has 0 saturated heterocycles. The number of hydrogen-bond donors (Lipinski definition) is 2. The lowest BCUT2D eigenvalue weighted by Crippen LogP contribution is -2.32. The van der Waals surface area contributed by atoms with Gasteiger partial charge in [0, 0.05) is 10.4 Å². The van der Waals surface area contributed by atoms with Crippen molar-refractivity contribution in [1.29, 1.82) is 5.26 Å². The van der Waals surface area contributed by atoms with E-state index in [1.54, 1.807) is 12.1 Å². The number of carbonyl (C=O) groups is 2. The number of nitrogens with zero attached hydrogens (tertiary/aromatic N) is 2. The van der Waals surface area contributed by atoms with Crippen molar-refractivity contribution in [1.82, 2.24) is 5.43 Å². The number of fused-ring (bicyclic) bond motifs is 1. The van der Waals surface area contributed by atoms with Crippen molar-refractivity contribution in [3.05, 3.63) is 81.7 Å². The predicted octanol–water partition coefficient (Wildman–Crippen LogP) is 4.17. The topological polar surface area (TPSA) is 104 Å². The molecule has 0 saturated carbocycles. The first-order valence-electron chi connectivity index (χ1n) is 10.6. The summed E-state index contributed by atoms with van der Waals surface area (Å²) in [5.74, 6) is -1.17. The Labute approximate surface area is 195 Å². The number of nitriles is 1. The fourth-order valence-corrected chi connectivity index (χ4v) is 4.83. The number of ether oxygens (including phenoxy) is 1. The smallest absolute Gasteiger partial charge is 0.329 e. The molecule has 2 amide bonds. The molecule has 1 heterocycles. The van der Waals surface area contributed by atoms with Crippen LogP contribution < -0.4 is 15.5 Å². The van der Waals surface area contributed by atoms with Crippen LogP contribution in [-0.4, -0.2) is 18.0 Å². The second kappa shape index (κ2) is 10.6. The summed E-state index contributed by atoms with van der Waals surface area (Å²) in [6.45, 7) is 0.395. The van der Waals surface area contributed by atoms with Crippen LogP contribution >= 0.6 is 11.3 Å². The summed E-state index contributed by atoms with van der Waals surface area (Å²) in [5.41, 5.74) is 5.38. The van der Waals surface area contributed by atoms with Crippen molar-refractivity contribution >= 4 is 34.4 Å². The highest BCUT2D eigenvalue weighted by molar-refractivity contribution is 7.16. The van der Waals surface area contributed by atoms with Gasteiger partial charge in [-0.25, -0.2) is 5.43 Å². The van der Waals surface area contributed by atoms with Crippen LogP contribution in [0.2, 0.25) is 0 Å². The number of hydrazone groups is 1. The molecule has 0 aliphatic heterocycles. The molecule has 1 aliphatic carbocycles. The van der Waals surface area contributed by atoms with Crippen LogP contribution in [0.3, 0.4) is 0 Å². The summed E-state index contributed by atoms with van der Waals surface area (Å²) in [5, 5.41) is 16.4. The number of carbonyl (C=O) groups excluding carboxylic acids is 2. The van der Waals surface area contributed by atoms with Gasteiger partial charge in [0.05, 0.1) is 11.8 Å². The van der Waals surface area contributed by atoms with Crippen LogP contribution in [0, 0.1) is 11.3 Å². The Morgan fingerprint density at radius 3 is 2.64 bits per heavy atom. The Kier molecular flexibility index (Phi) is 7.12. The minimum absolute atomic E-state index is 0.395. The molecule has 166 valence electrons. The van der Waals surface area contributed by atoms with Gasteiger partial charge in [-0.2, -0.15) is 10.4 Å². The SMILES string of the molecule is N#Cc1c(NC(=O)C(=O)N/N=C/c2ccccc2OCc2ccccc2)sc2c1CCCC2. The number of para-hydroxylation sites is 1. The van der Waals surface area contributed by atoms with Gasteiger partial charge in [-0.15, -0.1) is 11.3 Å². The largest absolute Gasteiger partial charge is 0.488 e. The third kappa shape index (κ3) is 5.45. The number of nitrogens with one attached hydrogen (secondary N) is 2. The van der Waals surface area contributed by atoms with Crippen molar-refractivity contribution < 1.29 is 14.3 Å². The summed E-state index contributed by atoms with van der Waals surface area (Å²) in [6.07, 6.45) is 5.24. The zero-order chi connectivity index (χ0) is 23.0. The van der Waals surface area contributed by atoms with E-state index in [4.69, 9.17) is 4.74 Å². The third-order valence-electron chi connectivity index (χ3n) is 5.24. The van der Waals surface area contributed by atoms with E-state index in [1.165, 1.54) is 17.6 Å². The Hall–Kier alpha value is -3.96. The average molecular weight is 459 g/mol. The van der Waals surface area contributed by atoms with Crippen molar-refractivity contribution in [3.8, 4) is 11.8 Å². The molecule has 7 nitrogen and oxygen atoms in total. The van der Waals surface area contributed by atoms with Crippen LogP contribution in [0.25, 0.3) is 0 Å². The van der Waals surface area contributed by atoms with Gasteiger partial charge in [-0.05, 0) is 48.9 Å². The summed E-state index contributed by atoms with van der Waals surface area (Å²) in [7, 11) is 0. The van der Waals surface area contributed by atoms with E-state index in [2.05, 4.69) is 21.9 Å². The molecular weight excluding hydrogens is 436 g/mol. The van der Waals surface area contributed by atoms with Gasteiger partial charge in [0.25, 0.3) is 0 Å². The lowest BCUT2D eigenvalue weighted by Gasteiger charge is -2.09. The van der Waals surface area contributed by atoms with Gasteiger partial charge < -0.3 is 10.1 Å². The maximum Gasteiger partial charge on any atom is 0.329 e. The molecule has 2 aromatic carbocycles. The molecule has 0 atom stereocenters. The van der Waals surface area contributed by atoms with Crippen LogP contribution in [0.15, 0.2) is 59.7 Å². The van der Waals surface area contributed by atoms with Gasteiger partial charge in [0.2, 0.25) is 0 Å². The zero-order valence-corrected chi connectivity index (χ0v) is 18.7. The van der Waals surface area contributed by atoms with Crippen LogP contribution in [0.4, 0.5) is 5.00 Å². The molecule has 3 aromatic rings. The molecular formula is C25H22N4O3S. The van der Waals surface area contributed by atoms with Gasteiger partial charge >= 0.3 is 11.8 Å². The molecule has 0 radical (unpaired) electrons. The Balaban J connectivity index is 1.36. The third-order valence-corrected chi connectivity index (χ3v) is 6.45. The number of benzene rings is 2. The fourth-order valence-electron chi connectivity index (χ4n) is 3.60. The van der Waals surface area contributed by atoms with Gasteiger partial charge in [-0.3, -0.25) is 9.59 Å². The first kappa shape index (κ1) is 22.2. The molecule has 8 heteroatoms. The second-order valence-corrected chi connectivity index (χ2v) is 8.60. The molecule has 4 rings (SSSR count). The van der Waals surface area contributed by atoms with E-state index < -0.39 is 11.8 Å². The highest BCUT2D eigenvalue weighted by Crippen LogP contribution is 2.37. The summed E-state index contributed by atoms with van der Waals surface area (Å²) >= 11 is 1.37. The van der Waals surface area contributed by atoms with Gasteiger partial charge in [0.15, 0.2) is 0 Å². The van der Waals surface area contributed by atoms with E-state index in [1.807, 2.05) is 42.5 Å². The predicted molar refractivity (Wildman–Crippen MR) is 127 cm³/mol. The summed E-state index contributed by atoms with van der Waals surface area (Å²) in [6, 6.07) is 19.2. The van der Waals surface area contributed by atoms with Crippen LogP contribution in [0.1, 0.15) is 40.0 Å². The average Bonchev–Trinajstić information content (AvgIpc) is 3.20. The van der Waals surface area contributed by atoms with E-state index >= 15 is 0 Å². The van der Waals surface area contributed by atoms with Gasteiger partial charge in [0.1, 0.15) is 23.4 Å². The fraction of sp³-hybridized carbons (Fsp3) is 0.200. The quantitative estimate of drug-likeness (QED) is 0.329. The Morgan fingerprint density at radius 1 is 1.06 bits per heavy atom. The first-order valence-corrected chi connectivity index (χ1v) is 11.4. The molecule has 0 unspecified atom stereocenters. The van der Waals surface area contributed by atoms with Crippen LogP contribution in [0.5, 0.6) is 5.75 Å². The van der Waals surface area contributed by atoms with E-state index in [0.717, 1.165) is 41.7 Å². The van der Waals surface area contributed by atoms with E-state index in [9.17, 15) is 14.9 Å². The number of aryl methyl sites for hydroxylation is 1. The maximum absolute atomic E-state index is 12.3. The molecule has 1 aromatic heterocycles. The molecule has 0 bridgehead atoms. The lowest BCUT2D eigenvalue weighted by molar-refractivity contribution is -0.136. The highest BCUT2D eigenvalue weighted by Gasteiger charge is 2.23. The Morgan fingerprint density at radius 2 is 1.82 bits per heavy atom. The zero-order valence-electron chi connectivity index (χ0n) is 17.8. The van der Waals surface area contributed by atoms with Crippen molar-refractivity contribution in [2.75, 3.05) is 5.32 Å². The van der Waals surface area contributed by atoms with Crippen molar-refractivity contribution in [2.45, 2.75) is 32.3 Å². The van der Waals surface area contributed by atoms with Crippen molar-refractivity contribution in [2.24, 2.45) is 5.10 Å². The first-order chi connectivity index (χ1) is 16.2. The number of thiophene rings is 1.